The van der Waals surface area contributed by atoms with Gasteiger partial charge in [0.05, 0.1) is 19.0 Å². The van der Waals surface area contributed by atoms with Crippen molar-refractivity contribution in [2.45, 2.75) is 6.92 Å². The summed E-state index contributed by atoms with van der Waals surface area (Å²) in [6, 6.07) is 8.62. The second kappa shape index (κ2) is 5.39. The number of nitrogen functional groups attached to an aromatic ring is 1. The van der Waals surface area contributed by atoms with Crippen LogP contribution in [0, 0.1) is 6.92 Å². The highest BCUT2D eigenvalue weighted by molar-refractivity contribution is 6.04. The van der Waals surface area contributed by atoms with E-state index in [1.54, 1.807) is 31.4 Å². The number of methoxy groups -OCH3 is 1. The van der Waals surface area contributed by atoms with Crippen LogP contribution in [0.2, 0.25) is 0 Å². The number of nitrogens with one attached hydrogen (secondary N) is 1. The number of nitrogens with two attached hydrogens (primary N) is 1. The lowest BCUT2D eigenvalue weighted by Gasteiger charge is -2.08. The maximum absolute atomic E-state index is 12.1. The standard InChI is InChI=1S/C14H15N3O2/c1-9-3-4-10(7-12(9)19-2)14(18)17-11-5-6-13(15)16-8-11/h3-8H,1-2H3,(H2,15,16)(H,17,18). The van der Waals surface area contributed by atoms with Gasteiger partial charge in [-0.25, -0.2) is 4.98 Å². The predicted molar refractivity (Wildman–Crippen MR) is 74.3 cm³/mol. The molecule has 0 saturated heterocycles. The summed E-state index contributed by atoms with van der Waals surface area (Å²) in [4.78, 5) is 16.0. The van der Waals surface area contributed by atoms with Gasteiger partial charge in [-0.1, -0.05) is 6.07 Å². The lowest BCUT2D eigenvalue weighted by molar-refractivity contribution is 0.102. The SMILES string of the molecule is COc1cc(C(=O)Nc2ccc(N)nc2)ccc1C. The third-order valence-electron chi connectivity index (χ3n) is 2.71. The minimum Gasteiger partial charge on any atom is -0.496 e. The number of rotatable bonds is 3. The molecule has 2 aromatic rings. The third-order valence-corrected chi connectivity index (χ3v) is 2.71. The van der Waals surface area contributed by atoms with E-state index >= 15 is 0 Å². The molecule has 0 aliphatic rings. The monoisotopic (exact) mass is 257 g/mol. The summed E-state index contributed by atoms with van der Waals surface area (Å²) in [5, 5.41) is 2.74. The normalized spacial score (nSPS) is 10.0. The Balaban J connectivity index is 2.18. The van der Waals surface area contributed by atoms with E-state index in [2.05, 4.69) is 10.3 Å². The average Bonchev–Trinajstić information content (AvgIpc) is 2.42. The zero-order valence-electron chi connectivity index (χ0n) is 10.8. The van der Waals surface area contributed by atoms with Crippen LogP contribution in [0.15, 0.2) is 36.5 Å². The molecule has 0 radical (unpaired) electrons. The largest absolute Gasteiger partial charge is 0.496 e. The van der Waals surface area contributed by atoms with Crippen LogP contribution in [-0.2, 0) is 0 Å². The number of benzene rings is 1. The van der Waals surface area contributed by atoms with Crippen LogP contribution >= 0.6 is 0 Å². The van der Waals surface area contributed by atoms with Gasteiger partial charge in [-0.3, -0.25) is 4.79 Å². The van der Waals surface area contributed by atoms with Gasteiger partial charge >= 0.3 is 0 Å². The van der Waals surface area contributed by atoms with Crippen molar-refractivity contribution in [1.82, 2.24) is 4.98 Å². The van der Waals surface area contributed by atoms with E-state index in [1.807, 2.05) is 13.0 Å². The lowest BCUT2D eigenvalue weighted by Crippen LogP contribution is -2.12. The zero-order chi connectivity index (χ0) is 13.8. The highest BCUT2D eigenvalue weighted by Gasteiger charge is 2.09. The minimum atomic E-state index is -0.218. The molecule has 98 valence electrons. The Bertz CT molecular complexity index is 594. The molecule has 0 unspecified atom stereocenters. The average molecular weight is 257 g/mol. The molecule has 2 rings (SSSR count). The molecular formula is C14H15N3O2. The molecule has 1 aromatic carbocycles. The molecule has 1 aromatic heterocycles. The van der Waals surface area contributed by atoms with Crippen molar-refractivity contribution in [1.29, 1.82) is 0 Å². The summed E-state index contributed by atoms with van der Waals surface area (Å²) < 4.78 is 5.19. The van der Waals surface area contributed by atoms with Crippen molar-refractivity contribution in [3.8, 4) is 5.75 Å². The highest BCUT2D eigenvalue weighted by Crippen LogP contribution is 2.19. The number of hydrogen-bond acceptors (Lipinski definition) is 4. The fourth-order valence-corrected chi connectivity index (χ4v) is 1.64. The van der Waals surface area contributed by atoms with Crippen molar-refractivity contribution in [2.75, 3.05) is 18.2 Å². The molecule has 3 N–H and O–H groups in total. The van der Waals surface area contributed by atoms with E-state index in [9.17, 15) is 4.79 Å². The van der Waals surface area contributed by atoms with Gasteiger partial charge in [0.2, 0.25) is 0 Å². The van der Waals surface area contributed by atoms with Crippen molar-refractivity contribution >= 4 is 17.4 Å². The summed E-state index contributed by atoms with van der Waals surface area (Å²) in [7, 11) is 1.58. The first-order chi connectivity index (χ1) is 9.10. The fourth-order valence-electron chi connectivity index (χ4n) is 1.64. The smallest absolute Gasteiger partial charge is 0.255 e. The van der Waals surface area contributed by atoms with Gasteiger partial charge in [-0.2, -0.15) is 0 Å². The van der Waals surface area contributed by atoms with Crippen LogP contribution in [-0.4, -0.2) is 18.0 Å². The van der Waals surface area contributed by atoms with Crippen molar-refractivity contribution < 1.29 is 9.53 Å². The molecule has 0 saturated carbocycles. The van der Waals surface area contributed by atoms with Gasteiger partial charge in [-0.05, 0) is 36.8 Å². The van der Waals surface area contributed by atoms with Gasteiger partial charge in [0.25, 0.3) is 5.91 Å². The van der Waals surface area contributed by atoms with Crippen LogP contribution in [0.1, 0.15) is 15.9 Å². The number of aromatic nitrogens is 1. The maximum atomic E-state index is 12.1. The Labute approximate surface area is 111 Å². The summed E-state index contributed by atoms with van der Waals surface area (Å²) >= 11 is 0. The molecule has 5 heteroatoms. The van der Waals surface area contributed by atoms with Crippen LogP contribution in [0.4, 0.5) is 11.5 Å². The van der Waals surface area contributed by atoms with Crippen molar-refractivity contribution in [2.24, 2.45) is 0 Å². The molecule has 19 heavy (non-hydrogen) atoms. The summed E-state index contributed by atoms with van der Waals surface area (Å²) in [5.74, 6) is 0.878. The van der Waals surface area contributed by atoms with Gasteiger partial charge in [-0.15, -0.1) is 0 Å². The first-order valence-electron chi connectivity index (χ1n) is 5.77. The lowest BCUT2D eigenvalue weighted by atomic mass is 10.1. The van der Waals surface area contributed by atoms with E-state index < -0.39 is 0 Å². The number of aryl methyl sites for hydroxylation is 1. The Morgan fingerprint density at radius 3 is 2.74 bits per heavy atom. The van der Waals surface area contributed by atoms with Crippen molar-refractivity contribution in [3.05, 3.63) is 47.7 Å². The molecule has 1 heterocycles. The van der Waals surface area contributed by atoms with E-state index in [0.29, 0.717) is 22.8 Å². The first-order valence-corrected chi connectivity index (χ1v) is 5.77. The number of carbonyl (C=O) groups excluding carboxylic acids is 1. The van der Waals surface area contributed by atoms with E-state index in [4.69, 9.17) is 10.5 Å². The maximum Gasteiger partial charge on any atom is 0.255 e. The summed E-state index contributed by atoms with van der Waals surface area (Å²) in [6.45, 7) is 1.92. The quantitative estimate of drug-likeness (QED) is 0.884. The highest BCUT2D eigenvalue weighted by atomic mass is 16.5. The number of amides is 1. The second-order valence-corrected chi connectivity index (χ2v) is 4.11. The molecule has 0 bridgehead atoms. The van der Waals surface area contributed by atoms with Gasteiger partial charge in [0, 0.05) is 5.56 Å². The number of carbonyl (C=O) groups is 1. The number of anilines is 2. The van der Waals surface area contributed by atoms with Crippen LogP contribution < -0.4 is 15.8 Å². The Kier molecular flexibility index (Phi) is 3.66. The van der Waals surface area contributed by atoms with Gasteiger partial charge in [0.1, 0.15) is 11.6 Å². The summed E-state index contributed by atoms with van der Waals surface area (Å²) in [6.07, 6.45) is 1.51. The second-order valence-electron chi connectivity index (χ2n) is 4.11. The minimum absolute atomic E-state index is 0.218. The van der Waals surface area contributed by atoms with Crippen LogP contribution in [0.25, 0.3) is 0 Å². The third kappa shape index (κ3) is 3.01. The fraction of sp³-hybridized carbons (Fsp3) is 0.143. The van der Waals surface area contributed by atoms with Gasteiger partial charge in [0.15, 0.2) is 0 Å². The van der Waals surface area contributed by atoms with Crippen LogP contribution in [0.3, 0.4) is 0 Å². The Hall–Kier alpha value is -2.56. The van der Waals surface area contributed by atoms with Crippen LogP contribution in [0.5, 0.6) is 5.75 Å². The van der Waals surface area contributed by atoms with E-state index in [0.717, 1.165) is 5.56 Å². The summed E-state index contributed by atoms with van der Waals surface area (Å²) in [5.41, 5.74) is 7.59. The molecule has 0 aliphatic heterocycles. The number of ether oxygens (including phenoxy) is 1. The molecule has 1 amide bonds. The number of hydrogen-bond donors (Lipinski definition) is 2. The van der Waals surface area contributed by atoms with Gasteiger partial charge < -0.3 is 15.8 Å². The molecule has 0 fully saturated rings. The molecular weight excluding hydrogens is 242 g/mol. The van der Waals surface area contributed by atoms with E-state index in [-0.39, 0.29) is 5.91 Å². The first kappa shape index (κ1) is 12.9. The number of pyridine rings is 1. The Morgan fingerprint density at radius 2 is 2.11 bits per heavy atom. The molecule has 0 atom stereocenters. The molecule has 0 aliphatic carbocycles. The number of nitrogens with zero attached hydrogens (tertiary/aromatic N) is 1. The van der Waals surface area contributed by atoms with E-state index in [1.165, 1.54) is 6.20 Å². The molecule has 5 nitrogen and oxygen atoms in total. The van der Waals surface area contributed by atoms with Crippen molar-refractivity contribution in [3.63, 3.8) is 0 Å². The zero-order valence-corrected chi connectivity index (χ0v) is 10.8. The Morgan fingerprint density at radius 1 is 1.32 bits per heavy atom. The topological polar surface area (TPSA) is 77.2 Å². The molecule has 0 spiro atoms. The predicted octanol–water partition coefficient (Wildman–Crippen LogP) is 2.23.